The summed E-state index contributed by atoms with van der Waals surface area (Å²) in [6.45, 7) is 2.18. The minimum absolute atomic E-state index is 0.0478. The number of aryl methyl sites for hydroxylation is 1. The van der Waals surface area contributed by atoms with Crippen molar-refractivity contribution in [2.24, 2.45) is 0 Å². The molecule has 8 nitrogen and oxygen atoms in total. The minimum atomic E-state index is -4.68. The van der Waals surface area contributed by atoms with E-state index in [0.717, 1.165) is 12.1 Å². The fourth-order valence-corrected chi connectivity index (χ4v) is 3.03. The number of ether oxygens (including phenoxy) is 1. The molecule has 1 saturated heterocycles. The van der Waals surface area contributed by atoms with Crippen LogP contribution in [-0.4, -0.2) is 40.5 Å². The van der Waals surface area contributed by atoms with Crippen molar-refractivity contribution in [2.75, 3.05) is 23.3 Å². The molecule has 3 heterocycles. The number of benzene rings is 1. The van der Waals surface area contributed by atoms with Crippen molar-refractivity contribution < 1.29 is 31.6 Å². The highest BCUT2D eigenvalue weighted by Gasteiger charge is 2.34. The Hall–Kier alpha value is -3.70. The summed E-state index contributed by atoms with van der Waals surface area (Å²) in [4.78, 5) is 14.3. The van der Waals surface area contributed by atoms with Crippen LogP contribution in [0, 0.1) is 12.7 Å². The fraction of sp³-hybridized carbons (Fsp3) is 0.263. The van der Waals surface area contributed by atoms with Gasteiger partial charge in [0.25, 0.3) is 5.91 Å². The Bertz CT molecular complexity index is 1110. The largest absolute Gasteiger partial charge is 0.487 e. The van der Waals surface area contributed by atoms with E-state index in [1.165, 1.54) is 12.5 Å². The highest BCUT2D eigenvalue weighted by Crippen LogP contribution is 2.33. The van der Waals surface area contributed by atoms with Gasteiger partial charge >= 0.3 is 6.18 Å². The number of nitrogens with zero attached hydrogens (tertiary/aromatic N) is 4. The van der Waals surface area contributed by atoms with E-state index in [2.05, 4.69) is 20.7 Å². The molecule has 0 saturated carbocycles. The lowest BCUT2D eigenvalue weighted by molar-refractivity contribution is -0.137. The molecule has 1 aromatic carbocycles. The van der Waals surface area contributed by atoms with E-state index in [4.69, 9.17) is 9.26 Å². The molecule has 1 fully saturated rings. The van der Waals surface area contributed by atoms with Gasteiger partial charge in [-0.2, -0.15) is 18.3 Å². The van der Waals surface area contributed by atoms with Gasteiger partial charge in [0, 0.05) is 6.07 Å². The van der Waals surface area contributed by atoms with Crippen molar-refractivity contribution >= 4 is 17.3 Å². The van der Waals surface area contributed by atoms with Gasteiger partial charge < -0.3 is 19.5 Å². The van der Waals surface area contributed by atoms with E-state index in [9.17, 15) is 22.4 Å². The average Bonchev–Trinajstić information content (AvgIpc) is 3.08. The first-order chi connectivity index (χ1) is 14.7. The summed E-state index contributed by atoms with van der Waals surface area (Å²) in [7, 11) is 0. The maximum absolute atomic E-state index is 13.5. The van der Waals surface area contributed by atoms with Crippen LogP contribution in [-0.2, 0) is 6.18 Å². The number of carbonyl (C=O) groups is 1. The van der Waals surface area contributed by atoms with Gasteiger partial charge in [-0.05, 0) is 25.1 Å². The average molecular weight is 437 g/mol. The summed E-state index contributed by atoms with van der Waals surface area (Å²) >= 11 is 0. The number of carbonyl (C=O) groups excluding carboxylic acids is 1. The first-order valence-corrected chi connectivity index (χ1v) is 9.04. The predicted molar refractivity (Wildman–Crippen MR) is 99.3 cm³/mol. The zero-order chi connectivity index (χ0) is 22.2. The summed E-state index contributed by atoms with van der Waals surface area (Å²) in [5.41, 5.74) is 0.269. The summed E-state index contributed by atoms with van der Waals surface area (Å²) in [5.74, 6) is -1.79. The third-order valence-corrected chi connectivity index (χ3v) is 4.60. The second kappa shape index (κ2) is 7.85. The van der Waals surface area contributed by atoms with Crippen LogP contribution in [0.15, 0.2) is 41.2 Å². The smallest absolute Gasteiger partial charge is 0.416 e. The molecule has 1 aliphatic heterocycles. The maximum Gasteiger partial charge on any atom is 0.416 e. The molecular weight excluding hydrogens is 422 g/mol. The number of alkyl halides is 3. The number of rotatable bonds is 5. The Morgan fingerprint density at radius 2 is 2.06 bits per heavy atom. The monoisotopic (exact) mass is 437 g/mol. The second-order valence-corrected chi connectivity index (χ2v) is 6.85. The summed E-state index contributed by atoms with van der Waals surface area (Å²) in [5, 5.41) is 13.9. The second-order valence-electron chi connectivity index (χ2n) is 6.85. The van der Waals surface area contributed by atoms with Gasteiger partial charge in [-0.15, -0.1) is 5.10 Å². The highest BCUT2D eigenvalue weighted by molar-refractivity contribution is 6.06. The zero-order valence-corrected chi connectivity index (χ0v) is 16.0. The van der Waals surface area contributed by atoms with Crippen LogP contribution in [0.4, 0.5) is 28.9 Å². The van der Waals surface area contributed by atoms with Crippen LogP contribution in [0.1, 0.15) is 21.7 Å². The molecular formula is C19H15F4N5O3. The van der Waals surface area contributed by atoms with Gasteiger partial charge in [0.05, 0.1) is 30.5 Å². The zero-order valence-electron chi connectivity index (χ0n) is 16.0. The molecule has 162 valence electrons. The van der Waals surface area contributed by atoms with E-state index in [-0.39, 0.29) is 24.5 Å². The molecule has 1 aliphatic rings. The van der Waals surface area contributed by atoms with Crippen LogP contribution in [0.25, 0.3) is 0 Å². The van der Waals surface area contributed by atoms with Crippen LogP contribution < -0.4 is 15.0 Å². The molecule has 0 atom stereocenters. The fourth-order valence-electron chi connectivity index (χ4n) is 3.03. The first-order valence-electron chi connectivity index (χ1n) is 9.04. The van der Waals surface area contributed by atoms with Gasteiger partial charge in [0.2, 0.25) is 0 Å². The van der Waals surface area contributed by atoms with E-state index in [1.807, 2.05) is 0 Å². The third-order valence-electron chi connectivity index (χ3n) is 4.60. The van der Waals surface area contributed by atoms with Gasteiger partial charge in [-0.25, -0.2) is 4.39 Å². The van der Waals surface area contributed by atoms with E-state index >= 15 is 0 Å². The lowest BCUT2D eigenvalue weighted by Gasteiger charge is -2.41. The number of aromatic nitrogens is 3. The van der Waals surface area contributed by atoms with Gasteiger partial charge in [-0.1, -0.05) is 5.16 Å². The van der Waals surface area contributed by atoms with Crippen molar-refractivity contribution in [3.05, 3.63) is 59.5 Å². The minimum Gasteiger partial charge on any atom is -0.487 e. The van der Waals surface area contributed by atoms with E-state index in [0.29, 0.717) is 23.1 Å². The SMILES string of the molecule is Cc1nocc1NC(=O)c1nnccc1N1CC(Oc2cc(F)cc(C(F)(F)F)c2)C1. The Balaban J connectivity index is 1.44. The molecule has 31 heavy (non-hydrogen) atoms. The van der Waals surface area contributed by atoms with Gasteiger partial charge in [0.1, 0.15) is 35.3 Å². The van der Waals surface area contributed by atoms with Crippen molar-refractivity contribution in [1.29, 1.82) is 0 Å². The predicted octanol–water partition coefficient (Wildman–Crippen LogP) is 3.45. The lowest BCUT2D eigenvalue weighted by atomic mass is 10.1. The number of nitrogens with one attached hydrogen (secondary N) is 1. The lowest BCUT2D eigenvalue weighted by Crippen LogP contribution is -2.54. The topological polar surface area (TPSA) is 93.4 Å². The number of anilines is 2. The van der Waals surface area contributed by atoms with E-state index in [1.54, 1.807) is 17.9 Å². The molecule has 3 aromatic rings. The number of hydrogen-bond donors (Lipinski definition) is 1. The van der Waals surface area contributed by atoms with E-state index < -0.39 is 29.6 Å². The van der Waals surface area contributed by atoms with Crippen molar-refractivity contribution in [3.8, 4) is 5.75 Å². The Morgan fingerprint density at radius 3 is 2.74 bits per heavy atom. The molecule has 0 radical (unpaired) electrons. The van der Waals surface area contributed by atoms with Crippen LogP contribution in [0.2, 0.25) is 0 Å². The van der Waals surface area contributed by atoms with Gasteiger partial charge in [0.15, 0.2) is 5.69 Å². The molecule has 0 spiro atoms. The Morgan fingerprint density at radius 1 is 1.29 bits per heavy atom. The normalized spacial score (nSPS) is 14.3. The third kappa shape index (κ3) is 4.42. The van der Waals surface area contributed by atoms with Crippen LogP contribution >= 0.6 is 0 Å². The number of amides is 1. The molecule has 0 unspecified atom stereocenters. The number of halogens is 4. The summed E-state index contributed by atoms with van der Waals surface area (Å²) < 4.78 is 62.4. The van der Waals surface area contributed by atoms with Crippen molar-refractivity contribution in [3.63, 3.8) is 0 Å². The quantitative estimate of drug-likeness (QED) is 0.611. The molecule has 4 rings (SSSR count). The Kier molecular flexibility index (Phi) is 5.21. The molecule has 1 amide bonds. The molecule has 0 aliphatic carbocycles. The molecule has 12 heteroatoms. The van der Waals surface area contributed by atoms with Crippen LogP contribution in [0.5, 0.6) is 5.75 Å². The first kappa shape index (κ1) is 20.6. The van der Waals surface area contributed by atoms with Crippen molar-refractivity contribution in [1.82, 2.24) is 15.4 Å². The maximum atomic E-state index is 13.5. The molecule has 0 bridgehead atoms. The summed E-state index contributed by atoms with van der Waals surface area (Å²) in [6, 6.07) is 3.64. The Labute approximate surface area is 172 Å². The molecule has 2 aromatic heterocycles. The van der Waals surface area contributed by atoms with Crippen LogP contribution in [0.3, 0.4) is 0 Å². The molecule has 1 N–H and O–H groups in total. The van der Waals surface area contributed by atoms with Gasteiger partial charge in [-0.3, -0.25) is 4.79 Å². The number of hydrogen-bond acceptors (Lipinski definition) is 7. The highest BCUT2D eigenvalue weighted by atomic mass is 19.4. The standard InChI is InChI=1S/C19H15F4N5O3/c1-10-15(9-30-27-10)25-18(29)17-16(2-3-24-26-17)28-7-14(8-28)31-13-5-11(19(21,22)23)4-12(20)6-13/h2-6,9,14H,7-8H2,1H3,(H,25,29). The summed E-state index contributed by atoms with van der Waals surface area (Å²) in [6.07, 6.45) is -2.48. The van der Waals surface area contributed by atoms with Crippen molar-refractivity contribution in [2.45, 2.75) is 19.2 Å².